The Morgan fingerprint density at radius 3 is 2.70 bits per heavy atom. The van der Waals surface area contributed by atoms with Gasteiger partial charge in [-0.2, -0.15) is 0 Å². The van der Waals surface area contributed by atoms with Crippen molar-refractivity contribution in [1.29, 1.82) is 0 Å². The highest BCUT2D eigenvalue weighted by Crippen LogP contribution is 2.29. The highest BCUT2D eigenvalue weighted by molar-refractivity contribution is 4.97. The SMILES string of the molecule is C1=CC(C2COC2)CCC1. The largest absolute Gasteiger partial charge is 0.381 e. The van der Waals surface area contributed by atoms with Crippen LogP contribution >= 0.6 is 0 Å². The summed E-state index contributed by atoms with van der Waals surface area (Å²) >= 11 is 0. The molecule has 0 saturated carbocycles. The maximum absolute atomic E-state index is 5.15. The van der Waals surface area contributed by atoms with E-state index in [4.69, 9.17) is 4.74 Å². The third-order valence-corrected chi connectivity index (χ3v) is 2.56. The van der Waals surface area contributed by atoms with Crippen LogP contribution in [0.3, 0.4) is 0 Å². The molecule has 1 fully saturated rings. The molecule has 1 aliphatic heterocycles. The predicted octanol–water partition coefficient (Wildman–Crippen LogP) is 1.99. The summed E-state index contributed by atoms with van der Waals surface area (Å²) in [4.78, 5) is 0. The van der Waals surface area contributed by atoms with Crippen molar-refractivity contribution in [2.24, 2.45) is 11.8 Å². The van der Waals surface area contributed by atoms with Crippen molar-refractivity contribution in [3.05, 3.63) is 12.2 Å². The van der Waals surface area contributed by atoms with Gasteiger partial charge < -0.3 is 4.74 Å². The molecule has 0 amide bonds. The molecule has 1 heteroatoms. The first-order valence-electron chi connectivity index (χ1n) is 4.21. The lowest BCUT2D eigenvalue weighted by atomic mass is 9.83. The van der Waals surface area contributed by atoms with Crippen molar-refractivity contribution in [1.82, 2.24) is 0 Å². The number of rotatable bonds is 1. The van der Waals surface area contributed by atoms with Gasteiger partial charge in [-0.25, -0.2) is 0 Å². The molecule has 0 spiro atoms. The van der Waals surface area contributed by atoms with Crippen LogP contribution in [-0.2, 0) is 4.74 Å². The van der Waals surface area contributed by atoms with Crippen molar-refractivity contribution in [2.75, 3.05) is 13.2 Å². The summed E-state index contributed by atoms with van der Waals surface area (Å²) in [7, 11) is 0. The molecule has 2 rings (SSSR count). The fourth-order valence-electron chi connectivity index (χ4n) is 1.73. The predicted molar refractivity (Wildman–Crippen MR) is 40.8 cm³/mol. The monoisotopic (exact) mass is 138 g/mol. The van der Waals surface area contributed by atoms with Crippen LogP contribution in [-0.4, -0.2) is 13.2 Å². The molecule has 1 unspecified atom stereocenters. The highest BCUT2D eigenvalue weighted by atomic mass is 16.5. The highest BCUT2D eigenvalue weighted by Gasteiger charge is 2.26. The molecule has 10 heavy (non-hydrogen) atoms. The molecule has 0 N–H and O–H groups in total. The Morgan fingerprint density at radius 1 is 1.30 bits per heavy atom. The van der Waals surface area contributed by atoms with Crippen LogP contribution < -0.4 is 0 Å². The van der Waals surface area contributed by atoms with Gasteiger partial charge in [-0.15, -0.1) is 0 Å². The minimum atomic E-state index is 0.850. The molecule has 1 nitrogen and oxygen atoms in total. The van der Waals surface area contributed by atoms with Crippen LogP contribution in [0.1, 0.15) is 19.3 Å². The molecule has 2 aliphatic rings. The van der Waals surface area contributed by atoms with E-state index in [2.05, 4.69) is 12.2 Å². The van der Waals surface area contributed by atoms with E-state index in [1.54, 1.807) is 0 Å². The van der Waals surface area contributed by atoms with Gasteiger partial charge in [0, 0.05) is 5.92 Å². The number of hydrogen-bond donors (Lipinski definition) is 0. The van der Waals surface area contributed by atoms with Crippen LogP contribution in [0.2, 0.25) is 0 Å². The summed E-state index contributed by atoms with van der Waals surface area (Å²) in [6, 6.07) is 0. The minimum Gasteiger partial charge on any atom is -0.381 e. The molecule has 1 saturated heterocycles. The number of ether oxygens (including phenoxy) is 1. The molecule has 0 radical (unpaired) electrons. The third-order valence-electron chi connectivity index (χ3n) is 2.56. The maximum Gasteiger partial charge on any atom is 0.0522 e. The molecule has 1 atom stereocenters. The van der Waals surface area contributed by atoms with Crippen LogP contribution in [0, 0.1) is 11.8 Å². The number of allylic oxidation sites excluding steroid dienone is 2. The van der Waals surface area contributed by atoms with E-state index in [0.717, 1.165) is 25.0 Å². The first kappa shape index (κ1) is 6.41. The standard InChI is InChI=1S/C9H14O/c1-2-4-8(5-3-1)9-6-10-7-9/h2,4,8-9H,1,3,5-7H2. The van der Waals surface area contributed by atoms with Gasteiger partial charge in [-0.3, -0.25) is 0 Å². The summed E-state index contributed by atoms with van der Waals surface area (Å²) in [5.74, 6) is 1.71. The molecule has 56 valence electrons. The summed E-state index contributed by atoms with van der Waals surface area (Å²) in [6.07, 6.45) is 8.79. The van der Waals surface area contributed by atoms with Crippen molar-refractivity contribution < 1.29 is 4.74 Å². The average molecular weight is 138 g/mol. The van der Waals surface area contributed by atoms with Crippen LogP contribution in [0.25, 0.3) is 0 Å². The Bertz CT molecular complexity index is 136. The lowest BCUT2D eigenvalue weighted by molar-refractivity contribution is -0.0535. The molecular formula is C9H14O. The van der Waals surface area contributed by atoms with Crippen molar-refractivity contribution in [3.63, 3.8) is 0 Å². The smallest absolute Gasteiger partial charge is 0.0522 e. The molecule has 1 aliphatic carbocycles. The number of hydrogen-bond acceptors (Lipinski definition) is 1. The fraction of sp³-hybridized carbons (Fsp3) is 0.778. The Balaban J connectivity index is 1.90. The van der Waals surface area contributed by atoms with Gasteiger partial charge in [0.2, 0.25) is 0 Å². The summed E-state index contributed by atoms with van der Waals surface area (Å²) in [6.45, 7) is 2.02. The maximum atomic E-state index is 5.15. The zero-order valence-electron chi connectivity index (χ0n) is 6.25. The van der Waals surface area contributed by atoms with E-state index in [0.29, 0.717) is 0 Å². The molecule has 0 aromatic heterocycles. The summed E-state index contributed by atoms with van der Waals surface area (Å²) in [5, 5.41) is 0. The van der Waals surface area contributed by atoms with Crippen molar-refractivity contribution in [2.45, 2.75) is 19.3 Å². The van der Waals surface area contributed by atoms with E-state index in [-0.39, 0.29) is 0 Å². The lowest BCUT2D eigenvalue weighted by Gasteiger charge is -2.33. The van der Waals surface area contributed by atoms with Crippen molar-refractivity contribution >= 4 is 0 Å². The van der Waals surface area contributed by atoms with E-state index < -0.39 is 0 Å². The third kappa shape index (κ3) is 1.10. The van der Waals surface area contributed by atoms with E-state index >= 15 is 0 Å². The second-order valence-corrected chi connectivity index (χ2v) is 3.32. The molecule has 0 bridgehead atoms. The van der Waals surface area contributed by atoms with Gasteiger partial charge in [0.05, 0.1) is 13.2 Å². The minimum absolute atomic E-state index is 0.850. The molecule has 0 aromatic carbocycles. The first-order chi connectivity index (χ1) is 4.97. The fourth-order valence-corrected chi connectivity index (χ4v) is 1.73. The Morgan fingerprint density at radius 2 is 2.20 bits per heavy atom. The van der Waals surface area contributed by atoms with Gasteiger partial charge >= 0.3 is 0 Å². The van der Waals surface area contributed by atoms with Crippen molar-refractivity contribution in [3.8, 4) is 0 Å². The normalized spacial score (nSPS) is 33.8. The van der Waals surface area contributed by atoms with E-state index in [9.17, 15) is 0 Å². The van der Waals surface area contributed by atoms with Gasteiger partial charge in [0.15, 0.2) is 0 Å². The van der Waals surface area contributed by atoms with Crippen LogP contribution in [0.4, 0.5) is 0 Å². The average Bonchev–Trinajstić information content (AvgIpc) is 1.86. The molecular weight excluding hydrogens is 124 g/mol. The lowest BCUT2D eigenvalue weighted by Crippen LogP contribution is -2.34. The van der Waals surface area contributed by atoms with Gasteiger partial charge in [0.1, 0.15) is 0 Å². The molecule has 1 heterocycles. The zero-order valence-corrected chi connectivity index (χ0v) is 6.25. The van der Waals surface area contributed by atoms with Gasteiger partial charge in [0.25, 0.3) is 0 Å². The second kappa shape index (κ2) is 2.75. The van der Waals surface area contributed by atoms with Crippen LogP contribution in [0.15, 0.2) is 12.2 Å². The Labute approximate surface area is 62.1 Å². The van der Waals surface area contributed by atoms with Gasteiger partial charge in [-0.1, -0.05) is 12.2 Å². The van der Waals surface area contributed by atoms with Crippen LogP contribution in [0.5, 0.6) is 0 Å². The molecule has 0 aromatic rings. The van der Waals surface area contributed by atoms with Gasteiger partial charge in [-0.05, 0) is 25.2 Å². The first-order valence-corrected chi connectivity index (χ1v) is 4.21. The van der Waals surface area contributed by atoms with E-state index in [1.807, 2.05) is 0 Å². The quantitative estimate of drug-likeness (QED) is 0.503. The topological polar surface area (TPSA) is 9.23 Å². The summed E-state index contributed by atoms with van der Waals surface area (Å²) in [5.41, 5.74) is 0. The van der Waals surface area contributed by atoms with E-state index in [1.165, 1.54) is 19.3 Å². The second-order valence-electron chi connectivity index (χ2n) is 3.32. The Kier molecular flexibility index (Phi) is 1.76. The Hall–Kier alpha value is -0.300. The zero-order chi connectivity index (χ0) is 6.81. The summed E-state index contributed by atoms with van der Waals surface area (Å²) < 4.78 is 5.15.